The van der Waals surface area contributed by atoms with Crippen molar-refractivity contribution in [1.29, 1.82) is 0 Å². The summed E-state index contributed by atoms with van der Waals surface area (Å²) in [5.41, 5.74) is 1.14. The number of carbonyl (C=O) groups excluding carboxylic acids is 2. The highest BCUT2D eigenvalue weighted by Gasteiger charge is 2.17. The van der Waals surface area contributed by atoms with Crippen molar-refractivity contribution < 1.29 is 19.8 Å². The third kappa shape index (κ3) is 1.42. The highest BCUT2D eigenvalue weighted by atomic mass is 32.2. The van der Waals surface area contributed by atoms with Gasteiger partial charge in [-0.25, -0.2) is 0 Å². The molecule has 0 aliphatic heterocycles. The smallest absolute Gasteiger partial charge is 0.0884 e. The molecule has 4 nitrogen and oxygen atoms in total. The Kier molecular flexibility index (Phi) is 2.47. The van der Waals surface area contributed by atoms with Crippen LogP contribution in [0.4, 0.5) is 0 Å². The van der Waals surface area contributed by atoms with Crippen LogP contribution in [0.2, 0.25) is 0 Å². The Labute approximate surface area is 98.8 Å². The van der Waals surface area contributed by atoms with Crippen molar-refractivity contribution in [2.75, 3.05) is 0 Å². The monoisotopic (exact) mass is 254 g/mol. The van der Waals surface area contributed by atoms with E-state index in [-0.39, 0.29) is 9.75 Å². The first kappa shape index (κ1) is 11.1. The molecule has 6 heteroatoms. The van der Waals surface area contributed by atoms with Crippen LogP contribution in [0.3, 0.4) is 0 Å². The van der Waals surface area contributed by atoms with Gasteiger partial charge in [-0.2, -0.15) is 0 Å². The van der Waals surface area contributed by atoms with Gasteiger partial charge in [-0.05, 0) is 25.0 Å². The fourth-order valence-corrected chi connectivity index (χ4v) is 4.20. The second kappa shape index (κ2) is 3.57. The largest absolute Gasteiger partial charge is 0.544 e. The number of hydrogen-bond acceptors (Lipinski definition) is 6. The van der Waals surface area contributed by atoms with Gasteiger partial charge in [-0.3, -0.25) is 0 Å². The van der Waals surface area contributed by atoms with E-state index in [2.05, 4.69) is 0 Å². The molecule has 2 heterocycles. The molecule has 0 atom stereocenters. The highest BCUT2D eigenvalue weighted by molar-refractivity contribution is 7.39. The number of carboxylic acid groups (broad SMARTS) is 2. The zero-order chi connectivity index (χ0) is 12.0. The Morgan fingerprint density at radius 3 is 1.56 bits per heavy atom. The van der Waals surface area contributed by atoms with Crippen LogP contribution in [0.25, 0.3) is 9.40 Å². The summed E-state index contributed by atoms with van der Waals surface area (Å²) >= 11 is 2.10. The van der Waals surface area contributed by atoms with Gasteiger partial charge in [0.05, 0.1) is 25.7 Å². The molecule has 16 heavy (non-hydrogen) atoms. The molecule has 0 unspecified atom stereocenters. The summed E-state index contributed by atoms with van der Waals surface area (Å²) in [5, 5.41) is 22.3. The van der Waals surface area contributed by atoms with E-state index >= 15 is 0 Å². The van der Waals surface area contributed by atoms with E-state index in [9.17, 15) is 19.8 Å². The number of rotatable bonds is 2. The summed E-state index contributed by atoms with van der Waals surface area (Å²) in [5.74, 6) is -2.44. The minimum absolute atomic E-state index is 0.161. The molecule has 0 aromatic carbocycles. The molecular formula is C10H6O4S2-2. The van der Waals surface area contributed by atoms with Crippen molar-refractivity contribution in [3.05, 3.63) is 20.9 Å². The van der Waals surface area contributed by atoms with Gasteiger partial charge in [0, 0.05) is 5.39 Å². The number of carboxylic acids is 2. The zero-order valence-corrected chi connectivity index (χ0v) is 10.1. The third-order valence-electron chi connectivity index (χ3n) is 2.40. The summed E-state index contributed by atoms with van der Waals surface area (Å²) in [6, 6.07) is 0. The van der Waals surface area contributed by atoms with Crippen molar-refractivity contribution in [2.24, 2.45) is 0 Å². The van der Waals surface area contributed by atoms with Gasteiger partial charge in [0.2, 0.25) is 0 Å². The predicted molar refractivity (Wildman–Crippen MR) is 57.8 cm³/mol. The second-order valence-corrected chi connectivity index (χ2v) is 5.65. The topological polar surface area (TPSA) is 80.3 Å². The van der Waals surface area contributed by atoms with Crippen molar-refractivity contribution >= 4 is 44.0 Å². The summed E-state index contributed by atoms with van der Waals surface area (Å²) in [7, 11) is 0. The van der Waals surface area contributed by atoms with Crippen LogP contribution >= 0.6 is 22.7 Å². The quantitative estimate of drug-likeness (QED) is 0.772. The molecule has 0 bridgehead atoms. The van der Waals surface area contributed by atoms with Crippen LogP contribution in [0.5, 0.6) is 0 Å². The first-order chi connectivity index (χ1) is 7.43. The summed E-state index contributed by atoms with van der Waals surface area (Å²) < 4.78 is 0.688. The number of aryl methyl sites for hydroxylation is 2. The predicted octanol–water partition coefficient (Wildman–Crippen LogP) is 0.307. The van der Waals surface area contributed by atoms with Gasteiger partial charge in [0.25, 0.3) is 0 Å². The lowest BCUT2D eigenvalue weighted by molar-refractivity contribution is -0.255. The van der Waals surface area contributed by atoms with E-state index in [0.29, 0.717) is 20.5 Å². The molecule has 0 radical (unpaired) electrons. The van der Waals surface area contributed by atoms with Crippen LogP contribution in [0, 0.1) is 13.8 Å². The average Bonchev–Trinajstić information content (AvgIpc) is 2.66. The number of carbonyl (C=O) groups is 2. The van der Waals surface area contributed by atoms with Gasteiger partial charge >= 0.3 is 0 Å². The number of thiophene rings is 2. The Balaban J connectivity index is 2.79. The normalized spacial score (nSPS) is 10.9. The van der Waals surface area contributed by atoms with E-state index < -0.39 is 11.9 Å². The van der Waals surface area contributed by atoms with E-state index in [1.807, 2.05) is 0 Å². The van der Waals surface area contributed by atoms with E-state index in [1.165, 1.54) is 0 Å². The van der Waals surface area contributed by atoms with Crippen molar-refractivity contribution in [3.63, 3.8) is 0 Å². The van der Waals surface area contributed by atoms with Crippen LogP contribution < -0.4 is 10.2 Å². The molecular weight excluding hydrogens is 248 g/mol. The Morgan fingerprint density at radius 1 is 0.938 bits per heavy atom. The molecule has 2 rings (SSSR count). The average molecular weight is 254 g/mol. The molecule has 0 amide bonds. The lowest BCUT2D eigenvalue weighted by atomic mass is 10.1. The summed E-state index contributed by atoms with van der Waals surface area (Å²) in [4.78, 5) is 21.9. The van der Waals surface area contributed by atoms with Crippen molar-refractivity contribution in [1.82, 2.24) is 0 Å². The first-order valence-electron chi connectivity index (χ1n) is 4.38. The van der Waals surface area contributed by atoms with Gasteiger partial charge in [0.15, 0.2) is 0 Å². The highest BCUT2D eigenvalue weighted by Crippen LogP contribution is 2.40. The zero-order valence-electron chi connectivity index (χ0n) is 8.45. The second-order valence-electron chi connectivity index (χ2n) is 3.35. The first-order valence-corrected chi connectivity index (χ1v) is 6.02. The molecule has 0 N–H and O–H groups in total. The van der Waals surface area contributed by atoms with Crippen LogP contribution in [-0.2, 0) is 0 Å². The van der Waals surface area contributed by atoms with E-state index in [4.69, 9.17) is 0 Å². The number of hydrogen-bond donors (Lipinski definition) is 0. The van der Waals surface area contributed by atoms with Gasteiger partial charge < -0.3 is 19.8 Å². The van der Waals surface area contributed by atoms with Crippen molar-refractivity contribution in [3.8, 4) is 0 Å². The molecule has 0 saturated heterocycles. The summed E-state index contributed by atoms with van der Waals surface area (Å²) in [6.45, 7) is 3.31. The molecule has 0 aliphatic rings. The minimum atomic E-state index is -1.22. The molecule has 0 saturated carbocycles. The standard InChI is InChI=1S/C10H8O4S2/c1-3-5-4(2)7(9(13)14)16-10(5)15-6(3)8(11)12/h1-2H3,(H,11,12)(H,13,14)/p-2. The SMILES string of the molecule is Cc1c(C(=O)[O-])sc2sc(C(=O)[O-])c(C)c12. The van der Waals surface area contributed by atoms with Crippen LogP contribution in [0.1, 0.15) is 30.5 Å². The number of aromatic carboxylic acids is 2. The Hall–Kier alpha value is -1.40. The molecule has 2 aromatic heterocycles. The van der Waals surface area contributed by atoms with Gasteiger partial charge in [0.1, 0.15) is 0 Å². The maximum Gasteiger partial charge on any atom is 0.0884 e. The number of fused-ring (bicyclic) bond motifs is 1. The lowest BCUT2D eigenvalue weighted by Crippen LogP contribution is -2.22. The van der Waals surface area contributed by atoms with Crippen LogP contribution in [-0.4, -0.2) is 11.9 Å². The van der Waals surface area contributed by atoms with Gasteiger partial charge in [-0.1, -0.05) is 0 Å². The minimum Gasteiger partial charge on any atom is -0.544 e. The van der Waals surface area contributed by atoms with Crippen LogP contribution in [0.15, 0.2) is 0 Å². The molecule has 84 valence electrons. The van der Waals surface area contributed by atoms with E-state index in [1.54, 1.807) is 13.8 Å². The van der Waals surface area contributed by atoms with E-state index in [0.717, 1.165) is 22.7 Å². The molecule has 0 spiro atoms. The lowest BCUT2D eigenvalue weighted by Gasteiger charge is -2.02. The Morgan fingerprint density at radius 2 is 1.31 bits per heavy atom. The fraction of sp³-hybridized carbons (Fsp3) is 0.200. The molecule has 2 aromatic rings. The summed E-state index contributed by atoms with van der Waals surface area (Å²) in [6.07, 6.45) is 0. The van der Waals surface area contributed by atoms with Gasteiger partial charge in [-0.15, -0.1) is 22.7 Å². The molecule has 0 fully saturated rings. The maximum absolute atomic E-state index is 10.8. The maximum atomic E-state index is 10.8. The third-order valence-corrected chi connectivity index (χ3v) is 5.03. The fourth-order valence-electron chi connectivity index (χ4n) is 1.67. The van der Waals surface area contributed by atoms with Crippen molar-refractivity contribution in [2.45, 2.75) is 13.8 Å². The Bertz CT molecular complexity index is 556. The molecule has 0 aliphatic carbocycles.